The van der Waals surface area contributed by atoms with Crippen molar-refractivity contribution in [3.8, 4) is 11.5 Å². The van der Waals surface area contributed by atoms with E-state index in [1.54, 1.807) is 0 Å². The maximum atomic E-state index is 12.5. The van der Waals surface area contributed by atoms with E-state index in [1.165, 1.54) is 0 Å². The summed E-state index contributed by atoms with van der Waals surface area (Å²) in [4.78, 5) is 12.5. The zero-order valence-electron chi connectivity index (χ0n) is 14.5. The van der Waals surface area contributed by atoms with E-state index < -0.39 is 16.1 Å². The van der Waals surface area contributed by atoms with E-state index in [2.05, 4.69) is 63.4 Å². The fourth-order valence-corrected chi connectivity index (χ4v) is 5.02. The average Bonchev–Trinajstić information content (AvgIpc) is 2.29. The third-order valence-electron chi connectivity index (χ3n) is 3.81. The van der Waals surface area contributed by atoms with E-state index in [4.69, 9.17) is 0 Å². The van der Waals surface area contributed by atoms with Crippen LogP contribution in [0.15, 0.2) is 23.9 Å². The topological polar surface area (TPSA) is 17.1 Å². The zero-order chi connectivity index (χ0) is 16.3. The second-order valence-electron chi connectivity index (χ2n) is 8.16. The number of carbonyl (C=O) groups excluding carboxylic acids is 1. The van der Waals surface area contributed by atoms with Crippen molar-refractivity contribution in [1.29, 1.82) is 0 Å². The molecule has 0 spiro atoms. The first kappa shape index (κ1) is 18.2. The molecule has 1 aliphatic carbocycles. The Kier molecular flexibility index (Phi) is 6.01. The van der Waals surface area contributed by atoms with Crippen molar-refractivity contribution in [2.45, 2.75) is 58.5 Å². The van der Waals surface area contributed by atoms with Gasteiger partial charge in [-0.05, 0) is 23.5 Å². The van der Waals surface area contributed by atoms with Crippen LogP contribution in [0.5, 0.6) is 0 Å². The van der Waals surface area contributed by atoms with Gasteiger partial charge in [0.1, 0.15) is 8.07 Å². The van der Waals surface area contributed by atoms with Gasteiger partial charge in [-0.25, -0.2) is 0 Å². The van der Waals surface area contributed by atoms with Gasteiger partial charge in [0.2, 0.25) is 0 Å². The molecule has 0 N–H and O–H groups in total. The third-order valence-corrected chi connectivity index (χ3v) is 6.80. The molecule has 0 saturated carbocycles. The van der Waals surface area contributed by atoms with Crippen LogP contribution in [0, 0.1) is 23.3 Å². The molecule has 0 bridgehead atoms. The second-order valence-corrected chi connectivity index (χ2v) is 18.0. The maximum Gasteiger partial charge on any atom is 0.154 e. The van der Waals surface area contributed by atoms with Gasteiger partial charge >= 0.3 is 0 Å². The minimum absolute atomic E-state index is 0.370. The van der Waals surface area contributed by atoms with Gasteiger partial charge in [0, 0.05) is 12.8 Å². The lowest BCUT2D eigenvalue weighted by Crippen LogP contribution is -2.35. The van der Waals surface area contributed by atoms with Gasteiger partial charge in [-0.1, -0.05) is 51.4 Å². The lowest BCUT2D eigenvalue weighted by Gasteiger charge is -2.32. The fraction of sp³-hybridized carbons (Fsp3) is 0.611. The molecule has 0 fully saturated rings. The molecule has 21 heavy (non-hydrogen) atoms. The minimum atomic E-state index is -1.53. The molecule has 116 valence electrons. The lowest BCUT2D eigenvalue weighted by molar-refractivity contribution is -0.116. The van der Waals surface area contributed by atoms with Gasteiger partial charge in [-0.3, -0.25) is 4.79 Å². The van der Waals surface area contributed by atoms with Gasteiger partial charge < -0.3 is 0 Å². The fourth-order valence-electron chi connectivity index (χ4n) is 2.73. The van der Waals surface area contributed by atoms with E-state index in [-0.39, 0.29) is 0 Å². The van der Waals surface area contributed by atoms with Crippen molar-refractivity contribution >= 4 is 21.9 Å². The number of rotatable bonds is 4. The van der Waals surface area contributed by atoms with E-state index in [9.17, 15) is 4.79 Å². The molecule has 1 aliphatic rings. The highest BCUT2D eigenvalue weighted by Gasteiger charge is 2.34. The number of allylic oxidation sites excluding steroid dienone is 3. The van der Waals surface area contributed by atoms with Crippen molar-refractivity contribution < 1.29 is 4.79 Å². The Balaban J connectivity index is 2.96. The molecule has 1 nitrogen and oxygen atoms in total. The molecule has 1 rings (SSSR count). The van der Waals surface area contributed by atoms with Crippen LogP contribution in [0.25, 0.3) is 0 Å². The average molecular weight is 319 g/mol. The summed E-state index contributed by atoms with van der Waals surface area (Å²) in [6, 6.07) is 0. The molecule has 0 saturated heterocycles. The Morgan fingerprint density at radius 2 is 1.90 bits per heavy atom. The van der Waals surface area contributed by atoms with E-state index in [1.807, 2.05) is 6.08 Å². The highest BCUT2D eigenvalue weighted by atomic mass is 28.3. The van der Waals surface area contributed by atoms with Gasteiger partial charge in [-0.2, -0.15) is 0 Å². The number of hydrogen-bond acceptors (Lipinski definition) is 1. The predicted octanol–water partition coefficient (Wildman–Crippen LogP) is 4.84. The second kappa shape index (κ2) is 6.94. The monoisotopic (exact) mass is 318 g/mol. The Bertz CT molecular complexity index is 492. The molecule has 0 aliphatic heterocycles. The summed E-state index contributed by atoms with van der Waals surface area (Å²) in [6.45, 7) is 17.4. The van der Waals surface area contributed by atoms with Crippen molar-refractivity contribution in [2.75, 3.05) is 0 Å². The molecule has 3 heteroatoms. The SMILES string of the molecule is C=CC[C@@H]1C=C([Si](C)(C)C)C(=O)C[C@H]1CC#C[Si](C)(C)C. The van der Waals surface area contributed by atoms with Crippen LogP contribution in [0.4, 0.5) is 0 Å². The van der Waals surface area contributed by atoms with Crippen LogP contribution in [-0.4, -0.2) is 21.9 Å². The van der Waals surface area contributed by atoms with Crippen molar-refractivity contribution in [3.05, 3.63) is 23.9 Å². The van der Waals surface area contributed by atoms with Gasteiger partial charge in [-0.15, -0.1) is 18.0 Å². The summed E-state index contributed by atoms with van der Waals surface area (Å²) in [5.41, 5.74) is 3.43. The summed E-state index contributed by atoms with van der Waals surface area (Å²) in [5, 5.41) is 1.13. The molecule has 0 unspecified atom stereocenters. The highest BCUT2D eigenvalue weighted by Crippen LogP contribution is 2.34. The summed E-state index contributed by atoms with van der Waals surface area (Å²) in [6.07, 6.45) is 6.73. The predicted molar refractivity (Wildman–Crippen MR) is 98.6 cm³/mol. The van der Waals surface area contributed by atoms with E-state index in [0.717, 1.165) is 18.0 Å². The van der Waals surface area contributed by atoms with Gasteiger partial charge in [0.15, 0.2) is 5.78 Å². The smallest absolute Gasteiger partial charge is 0.154 e. The Labute approximate surface area is 132 Å². The van der Waals surface area contributed by atoms with Gasteiger partial charge in [0.25, 0.3) is 0 Å². The number of ketones is 1. The standard InChI is InChI=1S/C18H30OSi2/c1-8-10-15-14-18(21(5,6)7)17(19)13-16(15)11-9-12-20(2,3)4/h8,14-16H,1,10-11,13H2,2-7H3/t15-,16-/m1/s1. The highest BCUT2D eigenvalue weighted by molar-refractivity contribution is 6.87. The molecule has 0 aromatic heterocycles. The Morgan fingerprint density at radius 3 is 2.38 bits per heavy atom. The third kappa shape index (κ3) is 5.80. The van der Waals surface area contributed by atoms with E-state index in [0.29, 0.717) is 24.0 Å². The lowest BCUT2D eigenvalue weighted by atomic mass is 9.79. The Hall–Kier alpha value is -0.856. The maximum absolute atomic E-state index is 12.5. The molecule has 0 heterocycles. The first-order valence-corrected chi connectivity index (χ1v) is 14.9. The molecule has 0 amide bonds. The Morgan fingerprint density at radius 1 is 1.29 bits per heavy atom. The first-order chi connectivity index (χ1) is 9.54. The quantitative estimate of drug-likeness (QED) is 0.412. The molecule has 0 aromatic rings. The van der Waals surface area contributed by atoms with Crippen LogP contribution in [0.1, 0.15) is 19.3 Å². The van der Waals surface area contributed by atoms with Crippen LogP contribution in [0.2, 0.25) is 39.3 Å². The van der Waals surface area contributed by atoms with Crippen molar-refractivity contribution in [1.82, 2.24) is 0 Å². The number of carbonyl (C=O) groups is 1. The molecular weight excluding hydrogens is 288 g/mol. The summed E-state index contributed by atoms with van der Waals surface area (Å²) in [7, 11) is -2.85. The van der Waals surface area contributed by atoms with E-state index >= 15 is 0 Å². The molecule has 0 aromatic carbocycles. The number of Topliss-reactive ketones (excluding diaryl/α,β-unsaturated/α-hetero) is 1. The van der Waals surface area contributed by atoms with Crippen LogP contribution in [0.3, 0.4) is 0 Å². The molecule has 2 atom stereocenters. The minimum Gasteiger partial charge on any atom is -0.295 e. The summed E-state index contributed by atoms with van der Waals surface area (Å²) < 4.78 is 0. The van der Waals surface area contributed by atoms with Crippen LogP contribution >= 0.6 is 0 Å². The van der Waals surface area contributed by atoms with Gasteiger partial charge in [0.05, 0.1) is 8.07 Å². The molecule has 0 radical (unpaired) electrons. The first-order valence-electron chi connectivity index (χ1n) is 7.91. The van der Waals surface area contributed by atoms with Crippen LogP contribution in [-0.2, 0) is 4.79 Å². The van der Waals surface area contributed by atoms with Crippen molar-refractivity contribution in [3.63, 3.8) is 0 Å². The normalized spacial score (nSPS) is 23.1. The summed E-state index contributed by atoms with van der Waals surface area (Å²) in [5.74, 6) is 4.55. The largest absolute Gasteiger partial charge is 0.295 e. The molecular formula is C18H30OSi2. The summed E-state index contributed by atoms with van der Waals surface area (Å²) >= 11 is 0. The van der Waals surface area contributed by atoms with Crippen LogP contribution < -0.4 is 0 Å². The number of hydrogen-bond donors (Lipinski definition) is 0. The zero-order valence-corrected chi connectivity index (χ0v) is 16.5. The van der Waals surface area contributed by atoms with Crippen molar-refractivity contribution in [2.24, 2.45) is 11.8 Å².